The van der Waals surface area contributed by atoms with Crippen molar-refractivity contribution in [2.45, 2.75) is 13.8 Å². The molecular formula is C25H21N3O4. The van der Waals surface area contributed by atoms with Crippen molar-refractivity contribution in [1.82, 2.24) is 5.32 Å². The number of imide groups is 1. The number of rotatable bonds is 4. The van der Waals surface area contributed by atoms with Crippen LogP contribution in [0.1, 0.15) is 52.6 Å². The lowest BCUT2D eigenvalue weighted by Gasteiger charge is -2.17. The number of anilines is 2. The zero-order valence-electron chi connectivity index (χ0n) is 17.9. The molecule has 3 aromatic rings. The minimum atomic E-state index is -0.463. The predicted molar refractivity (Wildman–Crippen MR) is 121 cm³/mol. The number of hydrogen-bond acceptors (Lipinski definition) is 4. The van der Waals surface area contributed by atoms with Crippen molar-refractivity contribution in [1.29, 1.82) is 0 Å². The summed E-state index contributed by atoms with van der Waals surface area (Å²) in [7, 11) is 1.53. The van der Waals surface area contributed by atoms with Gasteiger partial charge in [0.1, 0.15) is 0 Å². The summed E-state index contributed by atoms with van der Waals surface area (Å²) in [4.78, 5) is 51.8. The number of carbonyl (C=O) groups excluding carboxylic acids is 4. The smallest absolute Gasteiger partial charge is 0.266 e. The Balaban J connectivity index is 1.62. The molecule has 7 heteroatoms. The van der Waals surface area contributed by atoms with Crippen molar-refractivity contribution in [2.24, 2.45) is 0 Å². The molecule has 0 radical (unpaired) electrons. The van der Waals surface area contributed by atoms with E-state index in [-0.39, 0.29) is 22.6 Å². The van der Waals surface area contributed by atoms with Gasteiger partial charge in [0.25, 0.3) is 23.6 Å². The highest BCUT2D eigenvalue weighted by Crippen LogP contribution is 2.32. The van der Waals surface area contributed by atoms with Crippen LogP contribution in [0.15, 0.2) is 60.7 Å². The molecule has 0 aliphatic carbocycles. The van der Waals surface area contributed by atoms with Crippen LogP contribution in [0.4, 0.5) is 11.4 Å². The molecule has 0 aromatic heterocycles. The minimum absolute atomic E-state index is 0.183. The Morgan fingerprint density at radius 3 is 2.25 bits per heavy atom. The van der Waals surface area contributed by atoms with Crippen molar-refractivity contribution in [2.75, 3.05) is 17.3 Å². The Kier molecular flexibility index (Phi) is 5.32. The first-order valence-electron chi connectivity index (χ1n) is 10.0. The predicted octanol–water partition coefficient (Wildman–Crippen LogP) is 3.72. The molecule has 160 valence electrons. The van der Waals surface area contributed by atoms with E-state index in [4.69, 9.17) is 0 Å². The molecule has 0 bridgehead atoms. The third kappa shape index (κ3) is 3.65. The molecule has 7 nitrogen and oxygen atoms in total. The van der Waals surface area contributed by atoms with E-state index in [1.807, 2.05) is 26.0 Å². The lowest BCUT2D eigenvalue weighted by molar-refractivity contribution is 0.0922. The lowest BCUT2D eigenvalue weighted by Crippen LogP contribution is -2.30. The van der Waals surface area contributed by atoms with Crippen LogP contribution in [0.2, 0.25) is 0 Å². The fourth-order valence-electron chi connectivity index (χ4n) is 3.65. The van der Waals surface area contributed by atoms with Gasteiger partial charge in [0, 0.05) is 23.9 Å². The standard InChI is InChI=1S/C25H21N3O4/c1-14-7-8-15(2)21(11-14)28-24(31)19-10-9-17(13-20(19)25(28)32)23(30)27-18-6-4-5-16(12-18)22(29)26-3/h4-13H,1-3H3,(H,26,29)(H,27,30). The van der Waals surface area contributed by atoms with Crippen LogP contribution in [0.5, 0.6) is 0 Å². The summed E-state index contributed by atoms with van der Waals surface area (Å²) >= 11 is 0. The summed E-state index contributed by atoms with van der Waals surface area (Å²) in [5, 5.41) is 5.26. The Morgan fingerprint density at radius 1 is 0.781 bits per heavy atom. The van der Waals surface area contributed by atoms with Crippen molar-refractivity contribution >= 4 is 35.0 Å². The van der Waals surface area contributed by atoms with Crippen molar-refractivity contribution < 1.29 is 19.2 Å². The SMILES string of the molecule is CNC(=O)c1cccc(NC(=O)c2ccc3c(c2)C(=O)N(c2cc(C)ccc2C)C3=O)c1. The Labute approximate surface area is 185 Å². The number of hydrogen-bond donors (Lipinski definition) is 2. The van der Waals surface area contributed by atoms with Gasteiger partial charge in [-0.1, -0.05) is 18.2 Å². The first kappa shape index (κ1) is 21.0. The summed E-state index contributed by atoms with van der Waals surface area (Å²) in [6.07, 6.45) is 0. The molecule has 1 aliphatic rings. The van der Waals surface area contributed by atoms with Gasteiger partial charge >= 0.3 is 0 Å². The zero-order valence-corrected chi connectivity index (χ0v) is 17.9. The zero-order chi connectivity index (χ0) is 23.0. The quantitative estimate of drug-likeness (QED) is 0.621. The van der Waals surface area contributed by atoms with Crippen LogP contribution in [0.25, 0.3) is 0 Å². The molecule has 0 saturated carbocycles. The molecule has 32 heavy (non-hydrogen) atoms. The summed E-state index contributed by atoms with van der Waals surface area (Å²) in [6.45, 7) is 3.73. The number of carbonyl (C=O) groups is 4. The third-order valence-corrected chi connectivity index (χ3v) is 5.36. The largest absolute Gasteiger partial charge is 0.355 e. The van der Waals surface area contributed by atoms with E-state index in [0.29, 0.717) is 16.9 Å². The molecule has 0 spiro atoms. The highest BCUT2D eigenvalue weighted by molar-refractivity contribution is 6.35. The van der Waals surface area contributed by atoms with Crippen LogP contribution in [0.3, 0.4) is 0 Å². The average molecular weight is 427 g/mol. The third-order valence-electron chi connectivity index (χ3n) is 5.36. The Bertz CT molecular complexity index is 1300. The molecule has 0 atom stereocenters. The Hall–Kier alpha value is -4.26. The van der Waals surface area contributed by atoms with Gasteiger partial charge in [-0.2, -0.15) is 0 Å². The van der Waals surface area contributed by atoms with E-state index in [1.54, 1.807) is 30.3 Å². The maximum absolute atomic E-state index is 13.1. The number of amides is 4. The Morgan fingerprint density at radius 2 is 1.50 bits per heavy atom. The van der Waals surface area contributed by atoms with Gasteiger partial charge < -0.3 is 10.6 Å². The highest BCUT2D eigenvalue weighted by atomic mass is 16.2. The molecule has 0 unspecified atom stereocenters. The van der Waals surface area contributed by atoms with Gasteiger partial charge in [-0.05, 0) is 67.4 Å². The fraction of sp³-hybridized carbons (Fsp3) is 0.120. The second-order valence-corrected chi connectivity index (χ2v) is 7.61. The van der Waals surface area contributed by atoms with Gasteiger partial charge in [0.05, 0.1) is 16.8 Å². The van der Waals surface area contributed by atoms with E-state index in [0.717, 1.165) is 16.0 Å². The van der Waals surface area contributed by atoms with Crippen LogP contribution in [-0.2, 0) is 0 Å². The molecule has 1 aliphatic heterocycles. The highest BCUT2D eigenvalue weighted by Gasteiger charge is 2.37. The van der Waals surface area contributed by atoms with Crippen molar-refractivity contribution in [3.05, 3.63) is 94.0 Å². The van der Waals surface area contributed by atoms with Gasteiger partial charge in [0.2, 0.25) is 0 Å². The van der Waals surface area contributed by atoms with Crippen molar-refractivity contribution in [3.8, 4) is 0 Å². The van der Waals surface area contributed by atoms with Crippen molar-refractivity contribution in [3.63, 3.8) is 0 Å². The summed E-state index contributed by atoms with van der Waals surface area (Å²) < 4.78 is 0. The normalized spacial score (nSPS) is 12.5. The second kappa shape index (κ2) is 8.11. The van der Waals surface area contributed by atoms with E-state index >= 15 is 0 Å². The summed E-state index contributed by atoms with van der Waals surface area (Å²) in [5.74, 6) is -1.60. The first-order chi connectivity index (χ1) is 15.3. The van der Waals surface area contributed by atoms with E-state index in [9.17, 15) is 19.2 Å². The van der Waals surface area contributed by atoms with E-state index in [2.05, 4.69) is 10.6 Å². The first-order valence-corrected chi connectivity index (χ1v) is 10.0. The topological polar surface area (TPSA) is 95.6 Å². The number of nitrogens with one attached hydrogen (secondary N) is 2. The molecule has 4 rings (SSSR count). The van der Waals surface area contributed by atoms with Crippen LogP contribution in [0, 0.1) is 13.8 Å². The molecule has 2 N–H and O–H groups in total. The second-order valence-electron chi connectivity index (χ2n) is 7.61. The molecular weight excluding hydrogens is 406 g/mol. The van der Waals surface area contributed by atoms with Gasteiger partial charge in [-0.3, -0.25) is 19.2 Å². The van der Waals surface area contributed by atoms with E-state index < -0.39 is 17.7 Å². The van der Waals surface area contributed by atoms with Gasteiger partial charge in [0.15, 0.2) is 0 Å². The number of fused-ring (bicyclic) bond motifs is 1. The average Bonchev–Trinajstić information content (AvgIpc) is 3.04. The maximum Gasteiger partial charge on any atom is 0.266 e. The van der Waals surface area contributed by atoms with E-state index in [1.165, 1.54) is 25.2 Å². The van der Waals surface area contributed by atoms with Crippen LogP contribution in [-0.4, -0.2) is 30.7 Å². The maximum atomic E-state index is 13.1. The number of benzene rings is 3. The van der Waals surface area contributed by atoms with Gasteiger partial charge in [-0.15, -0.1) is 0 Å². The molecule has 0 saturated heterocycles. The van der Waals surface area contributed by atoms with Gasteiger partial charge in [-0.25, -0.2) is 4.90 Å². The summed E-state index contributed by atoms with van der Waals surface area (Å²) in [5.41, 5.74) is 3.79. The van der Waals surface area contributed by atoms with Crippen LogP contribution < -0.4 is 15.5 Å². The molecule has 0 fully saturated rings. The number of aryl methyl sites for hydroxylation is 2. The summed E-state index contributed by atoms with van der Waals surface area (Å²) in [6, 6.07) is 16.5. The molecule has 4 amide bonds. The minimum Gasteiger partial charge on any atom is -0.355 e. The lowest BCUT2D eigenvalue weighted by atomic mass is 10.1. The molecule has 3 aromatic carbocycles. The monoisotopic (exact) mass is 427 g/mol. The number of nitrogens with zero attached hydrogens (tertiary/aromatic N) is 1. The van der Waals surface area contributed by atoms with Crippen LogP contribution >= 0.6 is 0 Å². The fourth-order valence-corrected chi connectivity index (χ4v) is 3.65. The molecule has 1 heterocycles.